The molecule has 0 radical (unpaired) electrons. The van der Waals surface area contributed by atoms with E-state index in [0.29, 0.717) is 17.0 Å². The van der Waals surface area contributed by atoms with Crippen LogP contribution in [0.2, 0.25) is 0 Å². The molecule has 2 N–H and O–H groups in total. The summed E-state index contributed by atoms with van der Waals surface area (Å²) < 4.78 is 0.942. The molecule has 1 atom stereocenters. The number of hydrogen-bond donors (Lipinski definition) is 2. The Bertz CT molecular complexity index is 800. The second-order valence-corrected chi connectivity index (χ2v) is 7.31. The van der Waals surface area contributed by atoms with Crippen LogP contribution in [-0.4, -0.2) is 23.9 Å². The van der Waals surface area contributed by atoms with Crippen LogP contribution in [-0.2, 0) is 4.79 Å². The summed E-state index contributed by atoms with van der Waals surface area (Å²) in [6.07, 6.45) is 0. The number of thiophene rings is 1. The lowest BCUT2D eigenvalue weighted by molar-refractivity contribution is -0.113. The number of halogens is 1. The third-order valence-electron chi connectivity index (χ3n) is 3.93. The van der Waals surface area contributed by atoms with Crippen molar-refractivity contribution < 1.29 is 9.59 Å². The summed E-state index contributed by atoms with van der Waals surface area (Å²) in [4.78, 5) is 27.4. The average Bonchev–Trinajstić information content (AvgIpc) is 3.08. The van der Waals surface area contributed by atoms with Crippen LogP contribution in [0.4, 0.5) is 10.5 Å². The lowest BCUT2D eigenvalue weighted by Gasteiger charge is -2.33. The molecule has 1 aromatic carbocycles. The molecule has 3 rings (SSSR count). The average molecular weight is 406 g/mol. The standard InChI is InChI=1S/C17H16BrN3O2S/c1-10-14(16(22)19-12-7-5-11(18)6-8-12)15(13-4-3-9-24-13)20-17(23)21(10)2/h3-9,15H,1-2H3,(H,19,22)(H,20,23)/t15-/m1/s1. The molecule has 1 aliphatic rings. The van der Waals surface area contributed by atoms with Gasteiger partial charge in [0.15, 0.2) is 0 Å². The van der Waals surface area contributed by atoms with E-state index in [4.69, 9.17) is 0 Å². The number of carbonyl (C=O) groups excluding carboxylic acids is 2. The van der Waals surface area contributed by atoms with Gasteiger partial charge in [-0.3, -0.25) is 4.79 Å². The Morgan fingerprint density at radius 1 is 1.29 bits per heavy atom. The van der Waals surface area contributed by atoms with Gasteiger partial charge in [0.1, 0.15) is 0 Å². The van der Waals surface area contributed by atoms with E-state index < -0.39 is 6.04 Å². The highest BCUT2D eigenvalue weighted by Gasteiger charge is 2.34. The van der Waals surface area contributed by atoms with Gasteiger partial charge >= 0.3 is 6.03 Å². The number of nitrogens with one attached hydrogen (secondary N) is 2. The molecule has 2 aromatic rings. The molecule has 0 bridgehead atoms. The fraction of sp³-hybridized carbons (Fsp3) is 0.176. The number of nitrogens with zero attached hydrogens (tertiary/aromatic N) is 1. The summed E-state index contributed by atoms with van der Waals surface area (Å²) in [6, 6.07) is 10.5. The Morgan fingerprint density at radius 3 is 2.62 bits per heavy atom. The maximum atomic E-state index is 12.9. The van der Waals surface area contributed by atoms with E-state index in [-0.39, 0.29) is 11.9 Å². The zero-order chi connectivity index (χ0) is 17.3. The number of benzene rings is 1. The van der Waals surface area contributed by atoms with E-state index in [0.717, 1.165) is 9.35 Å². The number of urea groups is 1. The van der Waals surface area contributed by atoms with Gasteiger partial charge in [-0.25, -0.2) is 4.79 Å². The van der Waals surface area contributed by atoms with Crippen molar-refractivity contribution in [2.24, 2.45) is 0 Å². The summed E-state index contributed by atoms with van der Waals surface area (Å²) in [6.45, 7) is 1.79. The van der Waals surface area contributed by atoms with Gasteiger partial charge in [-0.1, -0.05) is 22.0 Å². The maximum absolute atomic E-state index is 12.9. The van der Waals surface area contributed by atoms with Crippen LogP contribution < -0.4 is 10.6 Å². The number of anilines is 1. The van der Waals surface area contributed by atoms with Crippen LogP contribution in [0.3, 0.4) is 0 Å². The molecule has 0 unspecified atom stereocenters. The monoisotopic (exact) mass is 405 g/mol. The fourth-order valence-corrected chi connectivity index (χ4v) is 3.58. The predicted octanol–water partition coefficient (Wildman–Crippen LogP) is 4.12. The molecule has 1 aromatic heterocycles. The zero-order valence-corrected chi connectivity index (χ0v) is 15.6. The Labute approximate surface area is 152 Å². The number of amides is 3. The van der Waals surface area contributed by atoms with E-state index in [9.17, 15) is 9.59 Å². The van der Waals surface area contributed by atoms with Crippen LogP contribution in [0.1, 0.15) is 17.8 Å². The van der Waals surface area contributed by atoms with Gasteiger partial charge in [-0.05, 0) is 42.6 Å². The van der Waals surface area contributed by atoms with Gasteiger partial charge < -0.3 is 15.5 Å². The molecule has 0 saturated heterocycles. The second-order valence-electron chi connectivity index (χ2n) is 5.42. The molecule has 5 nitrogen and oxygen atoms in total. The number of hydrogen-bond acceptors (Lipinski definition) is 3. The van der Waals surface area contributed by atoms with Crippen LogP contribution in [0.25, 0.3) is 0 Å². The van der Waals surface area contributed by atoms with Crippen LogP contribution in [0.5, 0.6) is 0 Å². The summed E-state index contributed by atoms with van der Waals surface area (Å²) in [7, 11) is 1.65. The highest BCUT2D eigenvalue weighted by Crippen LogP contribution is 2.33. The largest absolute Gasteiger partial charge is 0.326 e. The van der Waals surface area contributed by atoms with Crippen molar-refractivity contribution in [3.63, 3.8) is 0 Å². The van der Waals surface area contributed by atoms with Gasteiger partial charge in [0.25, 0.3) is 5.91 Å². The molecule has 0 spiro atoms. The third kappa shape index (κ3) is 3.22. The number of rotatable bonds is 3. The Morgan fingerprint density at radius 2 is 2.00 bits per heavy atom. The first kappa shape index (κ1) is 16.7. The van der Waals surface area contributed by atoms with Crippen molar-refractivity contribution in [3.8, 4) is 0 Å². The topological polar surface area (TPSA) is 61.4 Å². The molecular weight excluding hydrogens is 390 g/mol. The minimum Gasteiger partial charge on any atom is -0.326 e. The van der Waals surface area contributed by atoms with Crippen molar-refractivity contribution >= 4 is 44.9 Å². The van der Waals surface area contributed by atoms with Gasteiger partial charge in [-0.15, -0.1) is 11.3 Å². The second kappa shape index (κ2) is 6.78. The summed E-state index contributed by atoms with van der Waals surface area (Å²) in [5.74, 6) is -0.222. The van der Waals surface area contributed by atoms with E-state index in [1.165, 1.54) is 16.2 Å². The van der Waals surface area contributed by atoms with Crippen LogP contribution >= 0.6 is 27.3 Å². The molecule has 124 valence electrons. The van der Waals surface area contributed by atoms with E-state index in [1.807, 2.05) is 41.8 Å². The molecule has 0 fully saturated rings. The number of allylic oxidation sites excluding steroid dienone is 1. The fourth-order valence-electron chi connectivity index (χ4n) is 2.53. The summed E-state index contributed by atoms with van der Waals surface area (Å²) >= 11 is 4.88. The first-order valence-electron chi connectivity index (χ1n) is 7.32. The van der Waals surface area contributed by atoms with Crippen molar-refractivity contribution in [3.05, 3.63) is 62.4 Å². The molecule has 7 heteroatoms. The molecule has 2 heterocycles. The minimum absolute atomic E-state index is 0.217. The van der Waals surface area contributed by atoms with Gasteiger partial charge in [0.2, 0.25) is 0 Å². The van der Waals surface area contributed by atoms with Crippen molar-refractivity contribution in [2.75, 3.05) is 12.4 Å². The highest BCUT2D eigenvalue weighted by atomic mass is 79.9. The van der Waals surface area contributed by atoms with Crippen molar-refractivity contribution in [1.29, 1.82) is 0 Å². The van der Waals surface area contributed by atoms with Crippen LogP contribution in [0, 0.1) is 0 Å². The summed E-state index contributed by atoms with van der Waals surface area (Å²) in [5, 5.41) is 7.73. The first-order valence-corrected chi connectivity index (χ1v) is 9.00. The predicted molar refractivity (Wildman–Crippen MR) is 98.8 cm³/mol. The normalized spacial score (nSPS) is 17.7. The molecule has 24 heavy (non-hydrogen) atoms. The van der Waals surface area contributed by atoms with Crippen LogP contribution in [0.15, 0.2) is 57.5 Å². The van der Waals surface area contributed by atoms with Crippen molar-refractivity contribution in [2.45, 2.75) is 13.0 Å². The Kier molecular flexibility index (Phi) is 4.73. The molecule has 0 saturated carbocycles. The van der Waals surface area contributed by atoms with E-state index in [1.54, 1.807) is 14.0 Å². The maximum Gasteiger partial charge on any atom is 0.322 e. The van der Waals surface area contributed by atoms with Gasteiger partial charge in [0.05, 0.1) is 11.6 Å². The quantitative estimate of drug-likeness (QED) is 0.806. The Balaban J connectivity index is 1.95. The minimum atomic E-state index is -0.441. The molecular formula is C17H16BrN3O2S. The van der Waals surface area contributed by atoms with Crippen molar-refractivity contribution in [1.82, 2.24) is 10.2 Å². The zero-order valence-electron chi connectivity index (χ0n) is 13.2. The third-order valence-corrected chi connectivity index (χ3v) is 5.39. The SMILES string of the molecule is CC1=C(C(=O)Nc2ccc(Br)cc2)[C@@H](c2cccs2)NC(=O)N1C. The number of carbonyl (C=O) groups is 2. The lowest BCUT2D eigenvalue weighted by atomic mass is 9.99. The summed E-state index contributed by atoms with van der Waals surface area (Å²) in [5.41, 5.74) is 1.89. The molecule has 0 aliphatic carbocycles. The van der Waals surface area contributed by atoms with Gasteiger partial charge in [0, 0.05) is 27.8 Å². The highest BCUT2D eigenvalue weighted by molar-refractivity contribution is 9.10. The van der Waals surface area contributed by atoms with E-state index in [2.05, 4.69) is 26.6 Å². The van der Waals surface area contributed by atoms with E-state index >= 15 is 0 Å². The molecule has 3 amide bonds. The smallest absolute Gasteiger partial charge is 0.322 e. The molecule has 1 aliphatic heterocycles. The Hall–Kier alpha value is -2.12. The first-order chi connectivity index (χ1) is 11.5. The van der Waals surface area contributed by atoms with Gasteiger partial charge in [-0.2, -0.15) is 0 Å². The lowest BCUT2D eigenvalue weighted by Crippen LogP contribution is -2.46.